The molecule has 0 saturated heterocycles. The second-order valence-corrected chi connectivity index (χ2v) is 4.41. The fourth-order valence-electron chi connectivity index (χ4n) is 0.728. The van der Waals surface area contributed by atoms with Gasteiger partial charge in [0.15, 0.2) is 0 Å². The lowest BCUT2D eigenvalue weighted by Gasteiger charge is -1.96. The first-order chi connectivity index (χ1) is 7.00. The van der Waals surface area contributed by atoms with E-state index in [1.165, 1.54) is 12.1 Å². The number of benzene rings is 1. The van der Waals surface area contributed by atoms with Crippen molar-refractivity contribution in [1.82, 2.24) is 0 Å². The van der Waals surface area contributed by atoms with Gasteiger partial charge in [0, 0.05) is 0 Å². The molecule has 1 rings (SSSR count). The van der Waals surface area contributed by atoms with Gasteiger partial charge in [-0.1, -0.05) is 17.7 Å². The minimum atomic E-state index is -6.00. The number of nitrogens with two attached hydrogens (primary N) is 1. The third-order valence-corrected chi connectivity index (χ3v) is 2.28. The first-order valence-corrected chi connectivity index (χ1v) is 5.51. The Kier molecular flexibility index (Phi) is 4.95. The molecule has 0 saturated carbocycles. The van der Waals surface area contributed by atoms with E-state index in [-0.39, 0.29) is 4.90 Å². The van der Waals surface area contributed by atoms with E-state index in [1.54, 1.807) is 12.1 Å². The fraction of sp³-hybridized carbons (Fsp3) is 0.143. The monoisotopic (exact) mass is 258 g/mol. The van der Waals surface area contributed by atoms with E-state index >= 15 is 0 Å². The summed E-state index contributed by atoms with van der Waals surface area (Å²) in [6, 6.07) is 6.40. The van der Waals surface area contributed by atoms with Crippen LogP contribution in [0.4, 0.5) is 17.3 Å². The number of aryl methyl sites for hydroxylation is 1. The predicted octanol–water partition coefficient (Wildman–Crippen LogP) is 1.94. The average molecular weight is 258 g/mol. The van der Waals surface area contributed by atoms with E-state index in [9.17, 15) is 25.7 Å². The van der Waals surface area contributed by atoms with Gasteiger partial charge in [0.05, 0.1) is 4.90 Å². The van der Waals surface area contributed by atoms with Crippen LogP contribution in [0, 0.1) is 6.92 Å². The summed E-state index contributed by atoms with van der Waals surface area (Å²) in [4.78, 5) is 0.156. The van der Waals surface area contributed by atoms with Gasteiger partial charge in [-0.2, -0.15) is 0 Å². The van der Waals surface area contributed by atoms with E-state index in [1.807, 2.05) is 6.92 Å². The van der Waals surface area contributed by atoms with E-state index < -0.39 is 17.3 Å². The Balaban J connectivity index is 0.000000385. The number of rotatable bonds is 1. The summed E-state index contributed by atoms with van der Waals surface area (Å²) in [5, 5.41) is 4.88. The molecule has 9 heteroatoms. The first kappa shape index (κ1) is 14.9. The van der Waals surface area contributed by atoms with Crippen molar-refractivity contribution in [3.8, 4) is 0 Å². The quantitative estimate of drug-likeness (QED) is 0.618. The summed E-state index contributed by atoms with van der Waals surface area (Å²) < 4.78 is 60.4. The van der Waals surface area contributed by atoms with E-state index in [0.29, 0.717) is 0 Å². The van der Waals surface area contributed by atoms with Crippen LogP contribution in [0.2, 0.25) is 0 Å². The van der Waals surface area contributed by atoms with Crippen molar-refractivity contribution < 1.29 is 25.7 Å². The maximum Gasteiger partial charge on any atom is 0.673 e. The summed E-state index contributed by atoms with van der Waals surface area (Å²) in [5.41, 5.74) is 1.01. The molecule has 0 spiro atoms. The highest BCUT2D eigenvalue weighted by Gasteiger charge is 2.20. The van der Waals surface area contributed by atoms with Crippen molar-refractivity contribution in [2.75, 3.05) is 0 Å². The van der Waals surface area contributed by atoms with Crippen LogP contribution in [0.25, 0.3) is 0 Å². The molecule has 0 radical (unpaired) electrons. The lowest BCUT2D eigenvalue weighted by Crippen LogP contribution is -2.11. The largest absolute Gasteiger partial charge is 0.673 e. The molecule has 0 unspecified atom stereocenters. The van der Waals surface area contributed by atoms with Crippen molar-refractivity contribution in [3.63, 3.8) is 0 Å². The van der Waals surface area contributed by atoms with Crippen molar-refractivity contribution in [1.29, 1.82) is 0 Å². The minimum absolute atomic E-state index is 0.156. The molecule has 0 bridgehead atoms. The van der Waals surface area contributed by atoms with Crippen LogP contribution in [0.3, 0.4) is 0 Å². The van der Waals surface area contributed by atoms with Gasteiger partial charge in [0.25, 0.3) is 0 Å². The number of sulfonamides is 1. The summed E-state index contributed by atoms with van der Waals surface area (Å²) in [5.74, 6) is 0. The van der Waals surface area contributed by atoms with Crippen LogP contribution in [-0.2, 0) is 10.0 Å². The Morgan fingerprint density at radius 1 is 1.06 bits per heavy atom. The summed E-state index contributed by atoms with van der Waals surface area (Å²) in [7, 11) is -9.52. The Labute approximate surface area is 90.4 Å². The van der Waals surface area contributed by atoms with Crippen LogP contribution >= 0.6 is 0 Å². The standard InChI is InChI=1S/C7H9NO2S.BF4/c1-6-2-4-7(5-3-6)11(8,9)10;2-1(3,4)5/h2-5H,1H3,(H2,8,9,10);/q;-1. The Hall–Kier alpha value is -1.09. The molecule has 0 aliphatic heterocycles. The smallest absolute Gasteiger partial charge is 0.418 e. The molecule has 0 aliphatic rings. The molecule has 16 heavy (non-hydrogen) atoms. The Morgan fingerprint density at radius 2 is 1.38 bits per heavy atom. The predicted molar refractivity (Wildman–Crippen MR) is 52.7 cm³/mol. The minimum Gasteiger partial charge on any atom is -0.418 e. The third-order valence-electron chi connectivity index (χ3n) is 1.35. The lowest BCUT2D eigenvalue weighted by atomic mass is 10.2. The molecule has 1 aromatic carbocycles. The molecule has 0 fully saturated rings. The molecule has 92 valence electrons. The SMILES string of the molecule is Cc1ccc(S(N)(=O)=O)cc1.F[B-](F)(F)F. The Morgan fingerprint density at radius 3 is 1.62 bits per heavy atom. The highest BCUT2D eigenvalue weighted by atomic mass is 32.2. The Bertz CT molecular complexity index is 423. The van der Waals surface area contributed by atoms with Crippen molar-refractivity contribution in [2.45, 2.75) is 11.8 Å². The van der Waals surface area contributed by atoms with Crippen LogP contribution in [0.15, 0.2) is 29.2 Å². The highest BCUT2D eigenvalue weighted by molar-refractivity contribution is 7.89. The van der Waals surface area contributed by atoms with Crippen LogP contribution in [0.5, 0.6) is 0 Å². The molecule has 0 atom stereocenters. The summed E-state index contributed by atoms with van der Waals surface area (Å²) in [6.45, 7) is 1.88. The van der Waals surface area contributed by atoms with Crippen LogP contribution < -0.4 is 5.14 Å². The van der Waals surface area contributed by atoms with Crippen LogP contribution in [-0.4, -0.2) is 15.7 Å². The molecule has 0 aromatic heterocycles. The second kappa shape index (κ2) is 5.31. The molecule has 0 aliphatic carbocycles. The van der Waals surface area contributed by atoms with Gasteiger partial charge in [-0.3, -0.25) is 0 Å². The molecule has 1 aromatic rings. The first-order valence-electron chi connectivity index (χ1n) is 3.97. The van der Waals surface area contributed by atoms with Crippen molar-refractivity contribution in [3.05, 3.63) is 29.8 Å². The van der Waals surface area contributed by atoms with Gasteiger partial charge in [-0.15, -0.1) is 0 Å². The number of primary sulfonamides is 1. The van der Waals surface area contributed by atoms with Crippen molar-refractivity contribution in [2.24, 2.45) is 5.14 Å². The highest BCUT2D eigenvalue weighted by Crippen LogP contribution is 2.07. The molecule has 2 N–H and O–H groups in total. The van der Waals surface area contributed by atoms with E-state index in [4.69, 9.17) is 5.14 Å². The van der Waals surface area contributed by atoms with Gasteiger partial charge in [0.1, 0.15) is 0 Å². The normalized spacial score (nSPS) is 11.6. The van der Waals surface area contributed by atoms with E-state index in [0.717, 1.165) is 5.56 Å². The average Bonchev–Trinajstić information content (AvgIpc) is 1.99. The third kappa shape index (κ3) is 8.24. The second-order valence-electron chi connectivity index (χ2n) is 2.85. The van der Waals surface area contributed by atoms with Gasteiger partial charge < -0.3 is 17.3 Å². The zero-order valence-electron chi connectivity index (χ0n) is 8.20. The maximum absolute atomic E-state index is 10.7. The molecule has 0 heterocycles. The molecular formula is C7H9BF4NO2S-. The zero-order valence-corrected chi connectivity index (χ0v) is 9.02. The molecular weight excluding hydrogens is 249 g/mol. The van der Waals surface area contributed by atoms with Gasteiger partial charge in [-0.25, -0.2) is 13.6 Å². The number of hydrogen-bond acceptors (Lipinski definition) is 2. The van der Waals surface area contributed by atoms with Crippen molar-refractivity contribution >= 4 is 17.3 Å². The fourth-order valence-corrected chi connectivity index (χ4v) is 1.24. The summed E-state index contributed by atoms with van der Waals surface area (Å²) >= 11 is 0. The number of hydrogen-bond donors (Lipinski definition) is 1. The maximum atomic E-state index is 10.7. The van der Waals surface area contributed by atoms with E-state index in [2.05, 4.69) is 0 Å². The van der Waals surface area contributed by atoms with Gasteiger partial charge >= 0.3 is 7.25 Å². The number of halogens is 4. The lowest BCUT2D eigenvalue weighted by molar-refractivity contribution is 0.368. The van der Waals surface area contributed by atoms with Gasteiger partial charge in [0.2, 0.25) is 10.0 Å². The van der Waals surface area contributed by atoms with Gasteiger partial charge in [-0.05, 0) is 19.1 Å². The topological polar surface area (TPSA) is 60.2 Å². The molecule has 0 amide bonds. The zero-order chi connectivity index (χ0) is 13.0. The summed E-state index contributed by atoms with van der Waals surface area (Å²) in [6.07, 6.45) is 0. The molecule has 3 nitrogen and oxygen atoms in total. The van der Waals surface area contributed by atoms with Crippen LogP contribution in [0.1, 0.15) is 5.56 Å².